The first kappa shape index (κ1) is 19.2. The van der Waals surface area contributed by atoms with Gasteiger partial charge in [0.05, 0.1) is 17.8 Å². The molecule has 3 rings (SSSR count). The number of amides is 1. The highest BCUT2D eigenvalue weighted by molar-refractivity contribution is 6.35. The molecule has 0 atom stereocenters. The highest BCUT2D eigenvalue weighted by atomic mass is 35.5. The quantitative estimate of drug-likeness (QED) is 0.296. The van der Waals surface area contributed by atoms with Gasteiger partial charge in [-0.1, -0.05) is 29.3 Å². The molecule has 1 aromatic heterocycles. The lowest BCUT2D eigenvalue weighted by Crippen LogP contribution is -2.27. The predicted octanol–water partition coefficient (Wildman–Crippen LogP) is 3.46. The lowest BCUT2D eigenvalue weighted by Gasteiger charge is -2.13. The zero-order chi connectivity index (χ0) is 19.6. The molecule has 3 aromatic rings. The summed E-state index contributed by atoms with van der Waals surface area (Å²) in [7, 11) is 3.95. The highest BCUT2D eigenvalue weighted by Gasteiger charge is 2.12. The second-order valence-electron chi connectivity index (χ2n) is 6.22. The molecule has 0 aliphatic carbocycles. The molecule has 27 heavy (non-hydrogen) atoms. The predicted molar refractivity (Wildman–Crippen MR) is 111 cm³/mol. The van der Waals surface area contributed by atoms with E-state index in [2.05, 4.69) is 10.5 Å². The Bertz CT molecular complexity index is 1030. The number of fused-ring (bicyclic) bond motifs is 1. The van der Waals surface area contributed by atoms with Crippen molar-refractivity contribution in [2.45, 2.75) is 6.54 Å². The Morgan fingerprint density at radius 1 is 1.26 bits per heavy atom. The molecule has 3 N–H and O–H groups in total. The Balaban J connectivity index is 2.10. The molecule has 0 unspecified atom stereocenters. The summed E-state index contributed by atoms with van der Waals surface area (Å²) in [6.07, 6.45) is 2.99. The highest BCUT2D eigenvalue weighted by Crippen LogP contribution is 2.27. The van der Waals surface area contributed by atoms with Gasteiger partial charge in [-0.25, -0.2) is 5.84 Å². The van der Waals surface area contributed by atoms with Crippen molar-refractivity contribution in [1.29, 1.82) is 0 Å². The van der Waals surface area contributed by atoms with Gasteiger partial charge in [0.1, 0.15) is 0 Å². The van der Waals surface area contributed by atoms with Crippen molar-refractivity contribution in [2.75, 3.05) is 19.0 Å². The van der Waals surface area contributed by atoms with E-state index in [1.165, 1.54) is 6.08 Å². The SMILES string of the molecule is CN(C)c1ccc2c(C=CC(=O)NN)nn(Cc3ccc(Cl)cc3Cl)c2c1. The molecule has 0 fully saturated rings. The minimum absolute atomic E-state index is 0.400. The zero-order valence-corrected chi connectivity index (χ0v) is 16.4. The second kappa shape index (κ2) is 8.00. The van der Waals surface area contributed by atoms with Crippen molar-refractivity contribution < 1.29 is 4.79 Å². The van der Waals surface area contributed by atoms with Crippen LogP contribution in [0.25, 0.3) is 17.0 Å². The topological polar surface area (TPSA) is 76.2 Å². The number of rotatable bonds is 5. The van der Waals surface area contributed by atoms with Crippen LogP contribution in [0.2, 0.25) is 10.0 Å². The van der Waals surface area contributed by atoms with Gasteiger partial charge in [-0.3, -0.25) is 14.9 Å². The molecule has 140 valence electrons. The van der Waals surface area contributed by atoms with Gasteiger partial charge in [0.2, 0.25) is 0 Å². The van der Waals surface area contributed by atoms with Crippen LogP contribution in [0.15, 0.2) is 42.5 Å². The summed E-state index contributed by atoms with van der Waals surface area (Å²) in [5.41, 5.74) is 5.61. The Morgan fingerprint density at radius 3 is 2.70 bits per heavy atom. The second-order valence-corrected chi connectivity index (χ2v) is 7.06. The van der Waals surface area contributed by atoms with Crippen molar-refractivity contribution in [3.05, 3.63) is 63.8 Å². The first-order chi connectivity index (χ1) is 12.9. The fourth-order valence-corrected chi connectivity index (χ4v) is 3.19. The number of aromatic nitrogens is 2. The Hall–Kier alpha value is -2.54. The van der Waals surface area contributed by atoms with Gasteiger partial charge in [-0.2, -0.15) is 5.10 Å². The van der Waals surface area contributed by atoms with Crippen LogP contribution in [0.1, 0.15) is 11.3 Å². The molecular formula is C19H19Cl2N5O. The van der Waals surface area contributed by atoms with Crippen molar-refractivity contribution in [3.63, 3.8) is 0 Å². The minimum Gasteiger partial charge on any atom is -0.378 e. The third kappa shape index (κ3) is 4.24. The van der Waals surface area contributed by atoms with Crippen molar-refractivity contribution in [1.82, 2.24) is 15.2 Å². The Kier molecular flexibility index (Phi) is 5.70. The lowest BCUT2D eigenvalue weighted by atomic mass is 10.1. The molecule has 1 heterocycles. The van der Waals surface area contributed by atoms with E-state index in [4.69, 9.17) is 29.0 Å². The summed E-state index contributed by atoms with van der Waals surface area (Å²) in [5.74, 6) is 4.73. The summed E-state index contributed by atoms with van der Waals surface area (Å²) >= 11 is 12.3. The number of nitrogens with zero attached hydrogens (tertiary/aromatic N) is 3. The van der Waals surface area contributed by atoms with E-state index in [1.54, 1.807) is 18.2 Å². The third-order valence-corrected chi connectivity index (χ3v) is 4.74. The maximum Gasteiger partial charge on any atom is 0.257 e. The van der Waals surface area contributed by atoms with Gasteiger partial charge in [0, 0.05) is 41.3 Å². The van der Waals surface area contributed by atoms with E-state index in [0.29, 0.717) is 22.3 Å². The lowest BCUT2D eigenvalue weighted by molar-refractivity contribution is -0.116. The van der Waals surface area contributed by atoms with Crippen molar-refractivity contribution in [2.24, 2.45) is 5.84 Å². The number of carbonyl (C=O) groups is 1. The maximum absolute atomic E-state index is 11.4. The molecule has 0 aliphatic rings. The number of hydrazine groups is 1. The van der Waals surface area contributed by atoms with Crippen LogP contribution in [0, 0.1) is 0 Å². The molecule has 0 bridgehead atoms. The molecule has 0 spiro atoms. The molecule has 8 heteroatoms. The molecule has 2 aromatic carbocycles. The molecular weight excluding hydrogens is 385 g/mol. The van der Waals surface area contributed by atoms with Crippen LogP contribution in [-0.4, -0.2) is 29.8 Å². The summed E-state index contributed by atoms with van der Waals surface area (Å²) in [5, 5.41) is 6.74. The number of halogens is 2. The monoisotopic (exact) mass is 403 g/mol. The largest absolute Gasteiger partial charge is 0.378 e. The zero-order valence-electron chi connectivity index (χ0n) is 14.9. The van der Waals surface area contributed by atoms with Gasteiger partial charge in [-0.05, 0) is 42.0 Å². The van der Waals surface area contributed by atoms with Gasteiger partial charge >= 0.3 is 0 Å². The number of hydrogen-bond donors (Lipinski definition) is 2. The first-order valence-electron chi connectivity index (χ1n) is 8.19. The van der Waals surface area contributed by atoms with E-state index >= 15 is 0 Å². The van der Waals surface area contributed by atoms with Crippen LogP contribution in [0.4, 0.5) is 5.69 Å². The van der Waals surface area contributed by atoms with E-state index in [9.17, 15) is 4.79 Å². The molecule has 0 saturated carbocycles. The number of hydrogen-bond acceptors (Lipinski definition) is 4. The molecule has 1 amide bonds. The van der Waals surface area contributed by atoms with Crippen LogP contribution in [0.3, 0.4) is 0 Å². The van der Waals surface area contributed by atoms with Gasteiger partial charge in [0.15, 0.2) is 0 Å². The van der Waals surface area contributed by atoms with Crippen LogP contribution < -0.4 is 16.2 Å². The fraction of sp³-hybridized carbons (Fsp3) is 0.158. The third-order valence-electron chi connectivity index (χ3n) is 4.15. The van der Waals surface area contributed by atoms with Gasteiger partial charge < -0.3 is 4.90 Å². The maximum atomic E-state index is 11.4. The van der Waals surface area contributed by atoms with Crippen LogP contribution >= 0.6 is 23.2 Å². The van der Waals surface area contributed by atoms with Gasteiger partial charge in [0.25, 0.3) is 5.91 Å². The average molecular weight is 404 g/mol. The minimum atomic E-state index is -0.400. The number of nitrogens with two attached hydrogens (primary N) is 1. The standard InChI is InChI=1S/C19H19Cl2N5O/c1-25(2)14-5-6-15-17(7-8-19(27)23-22)24-26(18(15)10-14)11-12-3-4-13(20)9-16(12)21/h3-10H,11,22H2,1-2H3,(H,23,27). The van der Waals surface area contributed by atoms with E-state index < -0.39 is 5.91 Å². The summed E-state index contributed by atoms with van der Waals surface area (Å²) in [6.45, 7) is 0.473. The van der Waals surface area contributed by atoms with E-state index in [-0.39, 0.29) is 0 Å². The number of benzene rings is 2. The number of anilines is 1. The van der Waals surface area contributed by atoms with Crippen LogP contribution in [0.5, 0.6) is 0 Å². The summed E-state index contributed by atoms with van der Waals surface area (Å²) in [6, 6.07) is 11.4. The summed E-state index contributed by atoms with van der Waals surface area (Å²) in [4.78, 5) is 13.5. The van der Waals surface area contributed by atoms with Crippen molar-refractivity contribution >= 4 is 51.8 Å². The van der Waals surface area contributed by atoms with E-state index in [0.717, 1.165) is 22.2 Å². The normalized spacial score (nSPS) is 11.3. The van der Waals surface area contributed by atoms with Gasteiger partial charge in [-0.15, -0.1) is 0 Å². The number of carbonyl (C=O) groups excluding carboxylic acids is 1. The molecule has 0 radical (unpaired) electrons. The number of nitrogens with one attached hydrogen (secondary N) is 1. The molecule has 6 nitrogen and oxygen atoms in total. The Labute approximate surface area is 167 Å². The Morgan fingerprint density at radius 2 is 2.04 bits per heavy atom. The van der Waals surface area contributed by atoms with Crippen LogP contribution in [-0.2, 0) is 11.3 Å². The average Bonchev–Trinajstić information content (AvgIpc) is 2.99. The molecule has 0 saturated heterocycles. The smallest absolute Gasteiger partial charge is 0.257 e. The van der Waals surface area contributed by atoms with E-state index in [1.807, 2.05) is 47.9 Å². The van der Waals surface area contributed by atoms with Crippen molar-refractivity contribution in [3.8, 4) is 0 Å². The molecule has 0 aliphatic heterocycles. The first-order valence-corrected chi connectivity index (χ1v) is 8.95. The summed E-state index contributed by atoms with van der Waals surface area (Å²) < 4.78 is 1.86. The fourth-order valence-electron chi connectivity index (χ4n) is 2.72.